The zero-order valence-electron chi connectivity index (χ0n) is 19.2. The Morgan fingerprint density at radius 2 is 1.64 bits per heavy atom. The Balaban J connectivity index is 2.31. The smallest absolute Gasteiger partial charge is 0.248 e. The van der Waals surface area contributed by atoms with E-state index >= 15 is 0 Å². The van der Waals surface area contributed by atoms with Crippen LogP contribution in [-0.2, 0) is 26.0 Å². The molecular weight excluding hydrogens is 467 g/mol. The van der Waals surface area contributed by atoms with Gasteiger partial charge in [0.15, 0.2) is 0 Å². The first-order valence-corrected chi connectivity index (χ1v) is 12.8. The van der Waals surface area contributed by atoms with Gasteiger partial charge in [0.25, 0.3) is 0 Å². The minimum atomic E-state index is -4.01. The largest absolute Gasteiger partial charge is 0.309 e. The second-order valence-electron chi connectivity index (χ2n) is 8.55. The van der Waals surface area contributed by atoms with Crippen molar-refractivity contribution in [2.45, 2.75) is 52.0 Å². The third kappa shape index (κ3) is 7.27. The summed E-state index contributed by atoms with van der Waals surface area (Å²) in [4.78, 5) is 28.2. The van der Waals surface area contributed by atoms with Crippen LogP contribution in [0.15, 0.2) is 54.6 Å². The van der Waals surface area contributed by atoms with Crippen molar-refractivity contribution in [3.05, 3.63) is 66.0 Å². The van der Waals surface area contributed by atoms with Gasteiger partial charge in [0.2, 0.25) is 21.8 Å². The van der Waals surface area contributed by atoms with Crippen molar-refractivity contribution in [1.29, 1.82) is 0 Å². The van der Waals surface area contributed by atoms with Crippen molar-refractivity contribution in [3.63, 3.8) is 0 Å². The van der Waals surface area contributed by atoms with E-state index in [1.807, 2.05) is 6.07 Å². The van der Waals surface area contributed by atoms with Gasteiger partial charge in [-0.1, -0.05) is 30.3 Å². The molecular formula is C24H30ClFN2O4S. The number of halogens is 2. The molecule has 0 saturated carbocycles. The highest BCUT2D eigenvalue weighted by molar-refractivity contribution is 7.90. The van der Waals surface area contributed by atoms with Crippen LogP contribution in [0.25, 0.3) is 0 Å². The second kappa shape index (κ2) is 11.1. The molecule has 9 heteroatoms. The van der Waals surface area contributed by atoms with E-state index in [0.717, 1.165) is 5.56 Å². The fourth-order valence-corrected chi connectivity index (χ4v) is 4.98. The number of rotatable bonds is 10. The molecule has 2 aromatic rings. The van der Waals surface area contributed by atoms with Gasteiger partial charge in [-0.25, -0.2) is 12.8 Å². The lowest BCUT2D eigenvalue weighted by Gasteiger charge is -2.36. The number of hydrogen-bond donors (Lipinski definition) is 1. The molecule has 0 radical (unpaired) electrons. The van der Waals surface area contributed by atoms with Gasteiger partial charge in [0.05, 0.1) is 5.75 Å². The second-order valence-corrected chi connectivity index (χ2v) is 11.1. The molecule has 2 atom stereocenters. The molecule has 0 aliphatic heterocycles. The average molecular weight is 497 g/mol. The van der Waals surface area contributed by atoms with Crippen molar-refractivity contribution < 1.29 is 22.4 Å². The number of nitrogens with one attached hydrogen (secondary N) is 1. The van der Waals surface area contributed by atoms with Gasteiger partial charge in [-0.15, -0.1) is 11.6 Å². The van der Waals surface area contributed by atoms with E-state index in [9.17, 15) is 22.4 Å². The van der Waals surface area contributed by atoms with Crippen molar-refractivity contribution in [1.82, 2.24) is 4.72 Å². The molecule has 0 fully saturated rings. The monoisotopic (exact) mass is 496 g/mol. The van der Waals surface area contributed by atoms with E-state index in [4.69, 9.17) is 11.6 Å². The summed E-state index contributed by atoms with van der Waals surface area (Å²) < 4.78 is 40.8. The highest BCUT2D eigenvalue weighted by Crippen LogP contribution is 2.32. The number of aryl methyl sites for hydroxylation is 1. The molecule has 0 aliphatic carbocycles. The van der Waals surface area contributed by atoms with Crippen LogP contribution in [0.4, 0.5) is 10.1 Å². The topological polar surface area (TPSA) is 83.5 Å². The minimum absolute atomic E-state index is 0.0855. The number of nitrogens with zero attached hydrogens (tertiary/aromatic N) is 1. The van der Waals surface area contributed by atoms with Crippen LogP contribution < -0.4 is 9.62 Å². The number of carbonyl (C=O) groups is 2. The Morgan fingerprint density at radius 3 is 2.15 bits per heavy atom. The Bertz CT molecular complexity index is 1060. The Labute approximate surface area is 200 Å². The Kier molecular flexibility index (Phi) is 9.03. The van der Waals surface area contributed by atoms with Gasteiger partial charge in [0.1, 0.15) is 11.2 Å². The van der Waals surface area contributed by atoms with Crippen molar-refractivity contribution in [2.24, 2.45) is 5.41 Å². The van der Waals surface area contributed by atoms with Gasteiger partial charge in [-0.05, 0) is 70.4 Å². The van der Waals surface area contributed by atoms with Crippen molar-refractivity contribution in [2.75, 3.05) is 10.7 Å². The zero-order chi connectivity index (χ0) is 24.8. The number of hydrogen-bond acceptors (Lipinski definition) is 4. The molecule has 180 valence electrons. The summed E-state index contributed by atoms with van der Waals surface area (Å²) in [7, 11) is -4.01. The van der Waals surface area contributed by atoms with Crippen LogP contribution in [-0.4, -0.2) is 37.4 Å². The van der Waals surface area contributed by atoms with Crippen LogP contribution >= 0.6 is 11.6 Å². The lowest BCUT2D eigenvalue weighted by Crippen LogP contribution is -2.55. The summed E-state index contributed by atoms with van der Waals surface area (Å²) in [5.41, 5.74) is -0.560. The van der Waals surface area contributed by atoms with Crippen molar-refractivity contribution in [3.8, 4) is 0 Å². The molecule has 33 heavy (non-hydrogen) atoms. The standard InChI is InChI=1S/C24H30ClFN2O4S/c1-17(2)28(21-12-10-20(26)11-13-21)23(30)24(4,16-18(3)25)22(29)27-33(31,32)15-14-19-8-6-5-7-9-19/h5-13,17-18H,14-16H2,1-4H3,(H,27,29). The molecule has 0 spiro atoms. The lowest BCUT2D eigenvalue weighted by molar-refractivity contribution is -0.140. The molecule has 2 amide bonds. The highest BCUT2D eigenvalue weighted by atomic mass is 35.5. The molecule has 2 unspecified atom stereocenters. The molecule has 2 aromatic carbocycles. The first-order chi connectivity index (χ1) is 15.4. The van der Waals surface area contributed by atoms with E-state index in [-0.39, 0.29) is 24.6 Å². The molecule has 2 rings (SSSR count). The number of carbonyl (C=O) groups excluding carboxylic acids is 2. The molecule has 0 bridgehead atoms. The normalized spacial score (nSPS) is 14.4. The van der Waals surface area contributed by atoms with Gasteiger partial charge < -0.3 is 4.90 Å². The van der Waals surface area contributed by atoms with Crippen LogP contribution in [0.1, 0.15) is 39.7 Å². The first kappa shape index (κ1) is 26.8. The van der Waals surface area contributed by atoms with Crippen LogP contribution in [0.2, 0.25) is 0 Å². The summed E-state index contributed by atoms with van der Waals surface area (Å²) in [6.07, 6.45) is 0.131. The highest BCUT2D eigenvalue weighted by Gasteiger charge is 2.46. The number of sulfonamides is 1. The first-order valence-electron chi connectivity index (χ1n) is 10.7. The summed E-state index contributed by atoms with van der Waals surface area (Å²) in [6.45, 7) is 6.51. The van der Waals surface area contributed by atoms with E-state index in [1.165, 1.54) is 36.1 Å². The quantitative estimate of drug-likeness (QED) is 0.393. The van der Waals surface area contributed by atoms with E-state index in [2.05, 4.69) is 4.72 Å². The minimum Gasteiger partial charge on any atom is -0.309 e. The Morgan fingerprint density at radius 1 is 1.06 bits per heavy atom. The zero-order valence-corrected chi connectivity index (χ0v) is 20.8. The maximum absolute atomic E-state index is 13.7. The van der Waals surface area contributed by atoms with Crippen molar-refractivity contribution >= 4 is 39.1 Å². The van der Waals surface area contributed by atoms with E-state index < -0.39 is 38.4 Å². The molecule has 0 saturated heterocycles. The summed E-state index contributed by atoms with van der Waals surface area (Å²) in [6, 6.07) is 13.9. The predicted molar refractivity (Wildman–Crippen MR) is 129 cm³/mol. The van der Waals surface area contributed by atoms with Gasteiger partial charge in [0, 0.05) is 17.1 Å². The number of benzene rings is 2. The number of alkyl halides is 1. The molecule has 0 aromatic heterocycles. The van der Waals surface area contributed by atoms with Gasteiger partial charge in [-0.3, -0.25) is 14.3 Å². The van der Waals surface area contributed by atoms with Crippen LogP contribution in [0, 0.1) is 11.2 Å². The number of amides is 2. The summed E-state index contributed by atoms with van der Waals surface area (Å²) in [5.74, 6) is -2.34. The predicted octanol–water partition coefficient (Wildman–Crippen LogP) is 4.28. The number of anilines is 1. The van der Waals surface area contributed by atoms with Crippen LogP contribution in [0.5, 0.6) is 0 Å². The molecule has 1 N–H and O–H groups in total. The van der Waals surface area contributed by atoms with E-state index in [0.29, 0.717) is 5.69 Å². The van der Waals surface area contributed by atoms with Gasteiger partial charge >= 0.3 is 0 Å². The van der Waals surface area contributed by atoms with Crippen LogP contribution in [0.3, 0.4) is 0 Å². The Hall–Kier alpha value is -2.45. The maximum atomic E-state index is 13.7. The molecule has 0 heterocycles. The summed E-state index contributed by atoms with van der Waals surface area (Å²) >= 11 is 6.16. The van der Waals surface area contributed by atoms with E-state index in [1.54, 1.807) is 45.0 Å². The molecule has 0 aliphatic rings. The third-order valence-corrected chi connectivity index (χ3v) is 6.65. The third-order valence-electron chi connectivity index (χ3n) is 5.25. The fraction of sp³-hybridized carbons (Fsp3) is 0.417. The SMILES string of the molecule is CC(Cl)CC(C)(C(=O)NS(=O)(=O)CCc1ccccc1)C(=O)N(c1ccc(F)cc1)C(C)C. The fourth-order valence-electron chi connectivity index (χ4n) is 3.56. The maximum Gasteiger partial charge on any atom is 0.248 e. The van der Waals surface area contributed by atoms with Gasteiger partial charge in [-0.2, -0.15) is 0 Å². The average Bonchev–Trinajstić information content (AvgIpc) is 2.73. The summed E-state index contributed by atoms with van der Waals surface area (Å²) in [5, 5.41) is -0.584. The lowest BCUT2D eigenvalue weighted by atomic mass is 9.82. The molecule has 6 nitrogen and oxygen atoms in total.